The van der Waals surface area contributed by atoms with E-state index in [-0.39, 0.29) is 23.6 Å². The number of hydrogen-bond acceptors (Lipinski definition) is 3. The fourth-order valence-electron chi connectivity index (χ4n) is 5.26. The maximum Gasteiger partial charge on any atom is 0.126 e. The van der Waals surface area contributed by atoms with E-state index < -0.39 is 0 Å². The van der Waals surface area contributed by atoms with Crippen LogP contribution in [0.1, 0.15) is 115 Å². The summed E-state index contributed by atoms with van der Waals surface area (Å²) in [6.45, 7) is 15.0. The number of unbranched alkanes of at least 4 members (excludes halogenated alkanes) is 6. The van der Waals surface area contributed by atoms with Gasteiger partial charge in [0.15, 0.2) is 0 Å². The van der Waals surface area contributed by atoms with Gasteiger partial charge >= 0.3 is 0 Å². The van der Waals surface area contributed by atoms with Crippen molar-refractivity contribution in [1.29, 1.82) is 0 Å². The van der Waals surface area contributed by atoms with E-state index in [9.17, 15) is 14.6 Å². The summed E-state index contributed by atoms with van der Waals surface area (Å²) in [6.07, 6.45) is 12.8. The molecule has 4 heteroatoms. The first-order valence-electron chi connectivity index (χ1n) is 14.7. The molecule has 2 unspecified atom stereocenters. The summed E-state index contributed by atoms with van der Waals surface area (Å²) in [5.41, 5.74) is 2.15. The van der Waals surface area contributed by atoms with E-state index in [4.69, 9.17) is 4.74 Å². The first-order valence-corrected chi connectivity index (χ1v) is 14.7. The third-order valence-electron chi connectivity index (χ3n) is 7.49. The Balaban J connectivity index is 0.00000135. The average Bonchev–Trinajstić information content (AvgIpc) is 2.91. The van der Waals surface area contributed by atoms with Gasteiger partial charge in [-0.25, -0.2) is 0 Å². The van der Waals surface area contributed by atoms with Crippen molar-refractivity contribution in [2.75, 3.05) is 13.3 Å². The molecule has 0 saturated heterocycles. The number of rotatable bonds is 13. The van der Waals surface area contributed by atoms with Gasteiger partial charge in [-0.3, -0.25) is 4.39 Å². The van der Waals surface area contributed by atoms with Crippen LogP contribution in [0.3, 0.4) is 0 Å². The second-order valence-electron chi connectivity index (χ2n) is 10.9. The predicted molar refractivity (Wildman–Crippen MR) is 160 cm³/mol. The van der Waals surface area contributed by atoms with Crippen molar-refractivity contribution in [2.24, 2.45) is 5.92 Å². The van der Waals surface area contributed by atoms with Crippen LogP contribution in [0, 0.1) is 5.92 Å². The molecule has 0 radical (unpaired) electrons. The lowest BCUT2D eigenvalue weighted by atomic mass is 9.66. The summed E-state index contributed by atoms with van der Waals surface area (Å²) in [6, 6.07) is 13.0. The van der Waals surface area contributed by atoms with Gasteiger partial charge in [0.05, 0.1) is 13.3 Å². The first-order chi connectivity index (χ1) is 18.3. The molecule has 0 spiro atoms. The quantitative estimate of drug-likeness (QED) is 0.201. The van der Waals surface area contributed by atoms with Crippen molar-refractivity contribution < 1.29 is 19.3 Å². The minimum absolute atomic E-state index is 0.187. The van der Waals surface area contributed by atoms with Crippen molar-refractivity contribution in [1.82, 2.24) is 0 Å². The van der Waals surface area contributed by atoms with Crippen LogP contribution < -0.4 is 4.74 Å². The molecule has 0 fully saturated rings. The van der Waals surface area contributed by atoms with E-state index >= 15 is 0 Å². The van der Waals surface area contributed by atoms with E-state index in [2.05, 4.69) is 40.9 Å². The molecule has 0 bridgehead atoms. The number of hydrogen-bond donors (Lipinski definition) is 2. The standard InChI is InChI=1S/C29H41FO3.C3H8.C2H4/c1-22(18-19-30)10-8-6-4-3-5-7-9-11-27-26-17-16-25(32)20-28(26)33-21-29(27,2)23-12-14-24(31)15-13-23;1-3-2;1-2/h12-17,20,22,27,31-32H,3-11,18-19,21H2,1-2H3;3H2,1-2H3;1-2H2/t22?,27?,29-;;/m1../s1. The topological polar surface area (TPSA) is 49.7 Å². The fourth-order valence-corrected chi connectivity index (χ4v) is 5.26. The Labute approximate surface area is 232 Å². The lowest BCUT2D eigenvalue weighted by Crippen LogP contribution is -2.40. The third-order valence-corrected chi connectivity index (χ3v) is 7.49. The fraction of sp³-hybridized carbons (Fsp3) is 0.588. The van der Waals surface area contributed by atoms with Crippen LogP contribution in [0.2, 0.25) is 0 Å². The van der Waals surface area contributed by atoms with Gasteiger partial charge in [-0.15, -0.1) is 13.2 Å². The Morgan fingerprint density at radius 3 is 2.05 bits per heavy atom. The van der Waals surface area contributed by atoms with Crippen LogP contribution in [-0.4, -0.2) is 23.5 Å². The number of phenolic OH excluding ortho intramolecular Hbond substituents is 2. The monoisotopic (exact) mass is 528 g/mol. The average molecular weight is 529 g/mol. The highest BCUT2D eigenvalue weighted by Gasteiger charge is 2.42. The normalized spacial score (nSPS) is 18.6. The van der Waals surface area contributed by atoms with Crippen LogP contribution in [0.4, 0.5) is 4.39 Å². The zero-order valence-electron chi connectivity index (χ0n) is 24.5. The molecule has 1 heterocycles. The van der Waals surface area contributed by atoms with E-state index in [0.717, 1.165) is 30.6 Å². The summed E-state index contributed by atoms with van der Waals surface area (Å²) in [5, 5.41) is 19.7. The molecule has 0 aliphatic carbocycles. The number of ether oxygens (including phenoxy) is 1. The highest BCUT2D eigenvalue weighted by atomic mass is 19.1. The lowest BCUT2D eigenvalue weighted by molar-refractivity contribution is 0.162. The van der Waals surface area contributed by atoms with Gasteiger partial charge in [0, 0.05) is 17.4 Å². The van der Waals surface area contributed by atoms with Crippen LogP contribution in [0.25, 0.3) is 0 Å². The number of aromatic hydroxyl groups is 2. The molecule has 0 amide bonds. The number of fused-ring (bicyclic) bond motifs is 1. The third kappa shape index (κ3) is 10.7. The van der Waals surface area contributed by atoms with E-state index in [1.54, 1.807) is 24.3 Å². The predicted octanol–water partition coefficient (Wildman–Crippen LogP) is 10.3. The number of halogens is 1. The van der Waals surface area contributed by atoms with Crippen LogP contribution in [-0.2, 0) is 5.41 Å². The summed E-state index contributed by atoms with van der Waals surface area (Å²) in [4.78, 5) is 0. The van der Waals surface area contributed by atoms with Crippen LogP contribution in [0.5, 0.6) is 17.2 Å². The van der Waals surface area contributed by atoms with Crippen molar-refractivity contribution in [3.8, 4) is 17.2 Å². The Morgan fingerprint density at radius 1 is 0.895 bits per heavy atom. The SMILES string of the molecule is C=C.CC(CCF)CCCCCCCCCC1c2ccc(O)cc2OC[C@]1(C)c1ccc(O)cc1.CCC. The highest BCUT2D eigenvalue weighted by Crippen LogP contribution is 2.49. The molecule has 214 valence electrons. The van der Waals surface area contributed by atoms with Crippen molar-refractivity contribution >= 4 is 0 Å². The zero-order valence-corrected chi connectivity index (χ0v) is 24.5. The summed E-state index contributed by atoms with van der Waals surface area (Å²) in [7, 11) is 0. The van der Waals surface area contributed by atoms with Gasteiger partial charge in [-0.1, -0.05) is 104 Å². The molecule has 3 atom stereocenters. The molecule has 3 rings (SSSR count). The summed E-state index contributed by atoms with van der Waals surface area (Å²) >= 11 is 0. The number of benzene rings is 2. The maximum absolute atomic E-state index is 12.4. The van der Waals surface area contributed by atoms with Gasteiger partial charge in [-0.2, -0.15) is 0 Å². The number of alkyl halides is 1. The van der Waals surface area contributed by atoms with Gasteiger partial charge < -0.3 is 14.9 Å². The minimum atomic E-state index is -0.189. The van der Waals surface area contributed by atoms with Crippen LogP contribution >= 0.6 is 0 Å². The maximum atomic E-state index is 12.4. The molecule has 1 aliphatic rings. The molecular weight excluding hydrogens is 475 g/mol. The summed E-state index contributed by atoms with van der Waals surface area (Å²) in [5.74, 6) is 2.11. The van der Waals surface area contributed by atoms with Gasteiger partial charge in [0.1, 0.15) is 17.2 Å². The number of phenols is 2. The van der Waals surface area contributed by atoms with Crippen molar-refractivity contribution in [2.45, 2.75) is 110 Å². The molecular formula is C34H53FO3. The Bertz CT molecular complexity index is 882. The molecule has 3 nitrogen and oxygen atoms in total. The molecule has 0 aromatic heterocycles. The largest absolute Gasteiger partial charge is 0.508 e. The lowest BCUT2D eigenvalue weighted by Gasteiger charge is -2.43. The molecule has 2 N–H and O–H groups in total. The second kappa shape index (κ2) is 18.7. The van der Waals surface area contributed by atoms with Gasteiger partial charge in [0.25, 0.3) is 0 Å². The van der Waals surface area contributed by atoms with Crippen molar-refractivity contribution in [3.63, 3.8) is 0 Å². The molecule has 2 aromatic carbocycles. The summed E-state index contributed by atoms with van der Waals surface area (Å²) < 4.78 is 18.5. The first kappa shape index (κ1) is 33.5. The van der Waals surface area contributed by atoms with Gasteiger partial charge in [-0.05, 0) is 48.1 Å². The molecule has 0 saturated carbocycles. The second-order valence-corrected chi connectivity index (χ2v) is 10.9. The van der Waals surface area contributed by atoms with E-state index in [0.29, 0.717) is 24.9 Å². The van der Waals surface area contributed by atoms with Gasteiger partial charge in [0.2, 0.25) is 0 Å². The molecule has 2 aromatic rings. The Hall–Kier alpha value is -2.49. The minimum Gasteiger partial charge on any atom is -0.508 e. The molecule has 1 aliphatic heterocycles. The zero-order chi connectivity index (χ0) is 28.4. The van der Waals surface area contributed by atoms with E-state index in [1.165, 1.54) is 50.5 Å². The highest BCUT2D eigenvalue weighted by molar-refractivity contribution is 5.48. The van der Waals surface area contributed by atoms with Crippen LogP contribution in [0.15, 0.2) is 55.6 Å². The van der Waals surface area contributed by atoms with E-state index in [1.807, 2.05) is 18.2 Å². The Morgan fingerprint density at radius 2 is 1.45 bits per heavy atom. The smallest absolute Gasteiger partial charge is 0.126 e. The van der Waals surface area contributed by atoms with Crippen molar-refractivity contribution in [3.05, 3.63) is 66.7 Å². The molecule has 38 heavy (non-hydrogen) atoms. The Kier molecular flexibility index (Phi) is 16.5.